The molecule has 0 aromatic heterocycles. The molecule has 9 heavy (non-hydrogen) atoms. The van der Waals surface area contributed by atoms with Crippen LogP contribution in [0.3, 0.4) is 0 Å². The Labute approximate surface area is 65.8 Å². The summed E-state index contributed by atoms with van der Waals surface area (Å²) in [4.78, 5) is 0. The monoisotopic (exact) mass is 188 g/mol. The van der Waals surface area contributed by atoms with Gasteiger partial charge in [-0.2, -0.15) is 0 Å². The first kappa shape index (κ1) is 8.96. The summed E-state index contributed by atoms with van der Waals surface area (Å²) in [6, 6.07) is 0. The highest BCUT2D eigenvalue weighted by molar-refractivity contribution is 9.11. The molecule has 0 bridgehead atoms. The van der Waals surface area contributed by atoms with E-state index in [9.17, 15) is 0 Å². The van der Waals surface area contributed by atoms with Crippen molar-refractivity contribution in [3.05, 3.63) is 21.7 Å². The maximum absolute atomic E-state index is 3.42. The van der Waals surface area contributed by atoms with Crippen molar-refractivity contribution < 1.29 is 0 Å². The van der Waals surface area contributed by atoms with Crippen LogP contribution in [0, 0.1) is 0 Å². The Kier molecular flexibility index (Phi) is 3.87. The van der Waals surface area contributed by atoms with Crippen molar-refractivity contribution in [3.63, 3.8) is 0 Å². The van der Waals surface area contributed by atoms with E-state index in [0.29, 0.717) is 0 Å². The van der Waals surface area contributed by atoms with Crippen LogP contribution in [0.4, 0.5) is 0 Å². The van der Waals surface area contributed by atoms with Crippen molar-refractivity contribution in [2.24, 2.45) is 0 Å². The fourth-order valence-corrected chi connectivity index (χ4v) is 0.801. The quantitative estimate of drug-likeness (QED) is 0.552. The fraction of sp³-hybridized carbons (Fsp3) is 0.500. The Morgan fingerprint density at radius 1 is 1.22 bits per heavy atom. The summed E-state index contributed by atoms with van der Waals surface area (Å²) in [6.07, 6.45) is 2.11. The van der Waals surface area contributed by atoms with Crippen molar-refractivity contribution >= 4 is 15.9 Å². The molecule has 0 atom stereocenters. The third-order valence-electron chi connectivity index (χ3n) is 1.54. The van der Waals surface area contributed by atoms with Gasteiger partial charge in [-0.3, -0.25) is 0 Å². The predicted octanol–water partition coefficient (Wildman–Crippen LogP) is 3.64. The number of rotatable bonds is 1. The molecule has 0 saturated carbocycles. The molecule has 0 aromatic rings. The van der Waals surface area contributed by atoms with Crippen LogP contribution in [-0.4, -0.2) is 0 Å². The predicted molar refractivity (Wildman–Crippen MR) is 46.7 cm³/mol. The lowest BCUT2D eigenvalue weighted by molar-refractivity contribution is 1.30. The van der Waals surface area contributed by atoms with Crippen LogP contribution < -0.4 is 0 Å². The Hall–Kier alpha value is -0.0400. The normalized spacial score (nSPS) is 15.4. The van der Waals surface area contributed by atoms with E-state index in [0.717, 1.165) is 0 Å². The van der Waals surface area contributed by atoms with Gasteiger partial charge in [0.15, 0.2) is 0 Å². The lowest BCUT2D eigenvalue weighted by Gasteiger charge is -2.00. The maximum atomic E-state index is 3.42. The first-order valence-electron chi connectivity index (χ1n) is 3.06. The molecule has 1 heteroatoms. The smallest absolute Gasteiger partial charge is 0.00487 e. The van der Waals surface area contributed by atoms with Gasteiger partial charge in [0.2, 0.25) is 0 Å². The van der Waals surface area contributed by atoms with Crippen LogP contribution in [0.1, 0.15) is 27.7 Å². The van der Waals surface area contributed by atoms with Crippen LogP contribution in [0.15, 0.2) is 21.7 Å². The second-order valence-electron chi connectivity index (χ2n) is 2.13. The minimum Gasteiger partial charge on any atom is -0.0844 e. The Balaban J connectivity index is 4.40. The lowest BCUT2D eigenvalue weighted by atomic mass is 10.1. The Morgan fingerprint density at radius 2 is 1.67 bits per heavy atom. The summed E-state index contributed by atoms with van der Waals surface area (Å²) < 4.78 is 1.22. The maximum Gasteiger partial charge on any atom is -0.00487 e. The van der Waals surface area contributed by atoms with E-state index in [1.165, 1.54) is 15.6 Å². The molecule has 0 aliphatic carbocycles. The molecule has 0 unspecified atom stereocenters. The highest BCUT2D eigenvalue weighted by Crippen LogP contribution is 2.17. The van der Waals surface area contributed by atoms with Crippen molar-refractivity contribution in [2.45, 2.75) is 27.7 Å². The van der Waals surface area contributed by atoms with Gasteiger partial charge < -0.3 is 0 Å². The second kappa shape index (κ2) is 3.89. The second-order valence-corrected chi connectivity index (χ2v) is 3.32. The van der Waals surface area contributed by atoms with E-state index >= 15 is 0 Å². The van der Waals surface area contributed by atoms with Gasteiger partial charge in [-0.15, -0.1) is 0 Å². The summed E-state index contributed by atoms with van der Waals surface area (Å²) in [5.74, 6) is 0. The molecule has 0 fully saturated rings. The zero-order chi connectivity index (χ0) is 7.44. The molecule has 0 spiro atoms. The average molecular weight is 189 g/mol. The third kappa shape index (κ3) is 2.85. The molecule has 0 saturated heterocycles. The highest BCUT2D eigenvalue weighted by atomic mass is 79.9. The minimum atomic E-state index is 1.22. The van der Waals surface area contributed by atoms with E-state index in [1.54, 1.807) is 0 Å². The summed E-state index contributed by atoms with van der Waals surface area (Å²) in [5.41, 5.74) is 2.67. The number of halogens is 1. The van der Waals surface area contributed by atoms with E-state index in [1.807, 2.05) is 0 Å². The molecule has 0 aromatic carbocycles. The first-order valence-corrected chi connectivity index (χ1v) is 3.85. The van der Waals surface area contributed by atoms with E-state index < -0.39 is 0 Å². The Bertz CT molecular complexity index is 148. The van der Waals surface area contributed by atoms with Crippen molar-refractivity contribution in [1.82, 2.24) is 0 Å². The molecule has 0 aliphatic rings. The van der Waals surface area contributed by atoms with Gasteiger partial charge in [-0.05, 0) is 37.8 Å². The SMILES string of the molecule is C/C=C(C)/C(C)=C(\C)Br. The van der Waals surface area contributed by atoms with Gasteiger partial charge in [0.25, 0.3) is 0 Å². The Morgan fingerprint density at radius 3 is 1.78 bits per heavy atom. The van der Waals surface area contributed by atoms with E-state index in [2.05, 4.69) is 49.7 Å². The van der Waals surface area contributed by atoms with Gasteiger partial charge in [0.1, 0.15) is 0 Å². The molecule has 0 aliphatic heterocycles. The molecular weight excluding hydrogens is 176 g/mol. The average Bonchev–Trinajstić information content (AvgIpc) is 1.84. The fourth-order valence-electron chi connectivity index (χ4n) is 0.488. The van der Waals surface area contributed by atoms with Crippen LogP contribution in [0.2, 0.25) is 0 Å². The van der Waals surface area contributed by atoms with Gasteiger partial charge in [0.05, 0.1) is 0 Å². The molecule has 0 radical (unpaired) electrons. The summed E-state index contributed by atoms with van der Waals surface area (Å²) >= 11 is 3.42. The van der Waals surface area contributed by atoms with Crippen LogP contribution in [0.5, 0.6) is 0 Å². The summed E-state index contributed by atoms with van der Waals surface area (Å²) in [6.45, 7) is 8.33. The minimum absolute atomic E-state index is 1.22. The number of hydrogen-bond acceptors (Lipinski definition) is 0. The van der Waals surface area contributed by atoms with Gasteiger partial charge in [0, 0.05) is 0 Å². The van der Waals surface area contributed by atoms with Crippen LogP contribution in [-0.2, 0) is 0 Å². The standard InChI is InChI=1S/C8H13Br/c1-5-6(2)7(3)8(4)9/h5H,1-4H3/b6-5+,8-7+. The van der Waals surface area contributed by atoms with Crippen LogP contribution >= 0.6 is 15.9 Å². The number of hydrogen-bond donors (Lipinski definition) is 0. The first-order chi connectivity index (χ1) is 4.09. The molecule has 0 amide bonds. The largest absolute Gasteiger partial charge is 0.0844 e. The van der Waals surface area contributed by atoms with E-state index in [-0.39, 0.29) is 0 Å². The van der Waals surface area contributed by atoms with Gasteiger partial charge >= 0.3 is 0 Å². The van der Waals surface area contributed by atoms with Crippen LogP contribution in [0.25, 0.3) is 0 Å². The van der Waals surface area contributed by atoms with E-state index in [4.69, 9.17) is 0 Å². The molecule has 52 valence electrons. The topological polar surface area (TPSA) is 0 Å². The van der Waals surface area contributed by atoms with Gasteiger partial charge in [-0.25, -0.2) is 0 Å². The zero-order valence-electron chi connectivity index (χ0n) is 6.46. The molecular formula is C8H13Br. The summed E-state index contributed by atoms with van der Waals surface area (Å²) in [7, 11) is 0. The van der Waals surface area contributed by atoms with Crippen molar-refractivity contribution in [1.29, 1.82) is 0 Å². The lowest BCUT2D eigenvalue weighted by Crippen LogP contribution is -1.78. The van der Waals surface area contributed by atoms with Crippen molar-refractivity contribution in [2.75, 3.05) is 0 Å². The molecule has 0 rings (SSSR count). The zero-order valence-corrected chi connectivity index (χ0v) is 8.04. The third-order valence-corrected chi connectivity index (χ3v) is 2.14. The number of allylic oxidation sites excluding steroid dienone is 4. The van der Waals surface area contributed by atoms with Gasteiger partial charge in [-0.1, -0.05) is 27.6 Å². The summed E-state index contributed by atoms with van der Waals surface area (Å²) in [5, 5.41) is 0. The highest BCUT2D eigenvalue weighted by Gasteiger charge is 1.92. The molecule has 0 N–H and O–H groups in total. The molecule has 0 nitrogen and oxygen atoms in total. The van der Waals surface area contributed by atoms with Crippen molar-refractivity contribution in [3.8, 4) is 0 Å². The molecule has 0 heterocycles.